The van der Waals surface area contributed by atoms with Crippen LogP contribution >= 0.6 is 0 Å². The molecule has 0 atom stereocenters. The summed E-state index contributed by atoms with van der Waals surface area (Å²) >= 11 is 0. The van der Waals surface area contributed by atoms with Crippen LogP contribution < -0.4 is 5.56 Å². The molecule has 0 N–H and O–H groups in total. The van der Waals surface area contributed by atoms with Gasteiger partial charge in [-0.2, -0.15) is 0 Å². The zero-order chi connectivity index (χ0) is 22.6. The summed E-state index contributed by atoms with van der Waals surface area (Å²) < 4.78 is 4.09. The van der Waals surface area contributed by atoms with Gasteiger partial charge in [-0.15, -0.1) is 0 Å². The first kappa shape index (κ1) is 18.9. The lowest BCUT2D eigenvalue weighted by atomic mass is 10.0. The van der Waals surface area contributed by atoms with Crippen molar-refractivity contribution in [2.75, 3.05) is 0 Å². The molecule has 0 radical (unpaired) electrons. The van der Waals surface area contributed by atoms with Gasteiger partial charge in [0.1, 0.15) is 0 Å². The molecule has 0 saturated heterocycles. The van der Waals surface area contributed by atoms with E-state index in [0.29, 0.717) is 0 Å². The molecule has 0 amide bonds. The van der Waals surface area contributed by atoms with Crippen molar-refractivity contribution in [2.45, 2.75) is 0 Å². The van der Waals surface area contributed by atoms with E-state index in [1.54, 1.807) is 0 Å². The highest BCUT2D eigenvalue weighted by molar-refractivity contribution is 6.17. The number of hydrogen-bond donors (Lipinski definition) is 0. The van der Waals surface area contributed by atoms with Crippen LogP contribution in [0.4, 0.5) is 0 Å². The Balaban J connectivity index is 1.71. The van der Waals surface area contributed by atoms with Crippen LogP contribution in [0.5, 0.6) is 0 Å². The molecule has 0 bridgehead atoms. The Morgan fingerprint density at radius 3 is 1.53 bits per heavy atom. The van der Waals surface area contributed by atoms with Gasteiger partial charge in [0.15, 0.2) is 0 Å². The Morgan fingerprint density at radius 2 is 0.882 bits per heavy atom. The number of fused-ring (bicyclic) bond motifs is 6. The molecule has 0 aliphatic rings. The molecule has 3 nitrogen and oxygen atoms in total. The number of nitrogens with zero attached hydrogens (tertiary/aromatic N) is 2. The fourth-order valence-electron chi connectivity index (χ4n) is 5.23. The van der Waals surface area contributed by atoms with E-state index >= 15 is 0 Å². The predicted molar refractivity (Wildman–Crippen MR) is 141 cm³/mol. The van der Waals surface area contributed by atoms with Crippen molar-refractivity contribution >= 4 is 43.5 Å². The van der Waals surface area contributed by atoms with Crippen molar-refractivity contribution in [3.63, 3.8) is 0 Å². The minimum absolute atomic E-state index is 0.00771. The lowest BCUT2D eigenvalue weighted by molar-refractivity contribution is 1.06. The molecule has 2 heterocycles. The average molecular weight is 437 g/mol. The van der Waals surface area contributed by atoms with Gasteiger partial charge in [-0.05, 0) is 53.9 Å². The maximum atomic E-state index is 14.0. The number of benzene rings is 5. The molecule has 7 rings (SSSR count). The second-order valence-electron chi connectivity index (χ2n) is 8.60. The molecule has 0 fully saturated rings. The van der Waals surface area contributed by atoms with Crippen LogP contribution in [0.3, 0.4) is 0 Å². The largest absolute Gasteiger partial charge is 0.309 e. The average Bonchev–Trinajstić information content (AvgIpc) is 3.23. The van der Waals surface area contributed by atoms with Crippen LogP contribution in [0.1, 0.15) is 0 Å². The van der Waals surface area contributed by atoms with Crippen LogP contribution in [-0.2, 0) is 0 Å². The third kappa shape index (κ3) is 2.61. The minimum Gasteiger partial charge on any atom is -0.309 e. The Bertz CT molecular complexity index is 1910. The van der Waals surface area contributed by atoms with Gasteiger partial charge in [0, 0.05) is 27.5 Å². The maximum Gasteiger partial charge on any atom is 0.263 e. The van der Waals surface area contributed by atoms with Crippen molar-refractivity contribution in [2.24, 2.45) is 0 Å². The molecule has 3 heteroatoms. The summed E-state index contributed by atoms with van der Waals surface area (Å²) in [5.74, 6) is 0. The first-order chi connectivity index (χ1) is 16.8. The second kappa shape index (κ2) is 7.19. The van der Waals surface area contributed by atoms with Gasteiger partial charge in [-0.1, -0.05) is 72.8 Å². The zero-order valence-corrected chi connectivity index (χ0v) is 18.3. The van der Waals surface area contributed by atoms with Crippen molar-refractivity contribution in [1.29, 1.82) is 0 Å². The molecule has 0 aliphatic heterocycles. The lowest BCUT2D eigenvalue weighted by Gasteiger charge is -2.14. The highest BCUT2D eigenvalue weighted by Crippen LogP contribution is 2.36. The summed E-state index contributed by atoms with van der Waals surface area (Å²) in [6.45, 7) is 0. The van der Waals surface area contributed by atoms with Gasteiger partial charge in [-0.25, -0.2) is 0 Å². The monoisotopic (exact) mass is 436 g/mol. The summed E-state index contributed by atoms with van der Waals surface area (Å²) in [6, 6.07) is 41.1. The van der Waals surface area contributed by atoms with Crippen LogP contribution in [0, 0.1) is 0 Å². The SMILES string of the molecule is O=c1c2cc3c(cc2c2ccccc2n1-c1ccccc1)c1ccccc1n3-c1ccccc1. The summed E-state index contributed by atoms with van der Waals surface area (Å²) in [6.07, 6.45) is 0. The van der Waals surface area contributed by atoms with E-state index in [4.69, 9.17) is 0 Å². The number of rotatable bonds is 2. The molecule has 34 heavy (non-hydrogen) atoms. The molecule has 0 saturated carbocycles. The smallest absolute Gasteiger partial charge is 0.263 e. The van der Waals surface area contributed by atoms with Gasteiger partial charge < -0.3 is 4.57 Å². The van der Waals surface area contributed by atoms with E-state index in [9.17, 15) is 4.79 Å². The molecular formula is C31H20N2O. The molecule has 5 aromatic carbocycles. The molecule has 7 aromatic rings. The highest BCUT2D eigenvalue weighted by atomic mass is 16.1. The molecule has 0 spiro atoms. The van der Waals surface area contributed by atoms with Crippen LogP contribution in [0.25, 0.3) is 54.9 Å². The Hall–Kier alpha value is -4.63. The number of pyridine rings is 1. The quantitative estimate of drug-likeness (QED) is 0.262. The zero-order valence-electron chi connectivity index (χ0n) is 18.3. The summed E-state index contributed by atoms with van der Waals surface area (Å²) in [5, 5.41) is 5.10. The van der Waals surface area contributed by atoms with Crippen molar-refractivity contribution < 1.29 is 0 Å². The molecule has 0 unspecified atom stereocenters. The standard InChI is InChI=1S/C31H20N2O/c34-31-27-20-30-26(24-16-8-9-17-28(24)32(30)21-11-3-1-4-12-21)19-25(27)23-15-7-10-18-29(23)33(31)22-13-5-2-6-14-22/h1-20H. The highest BCUT2D eigenvalue weighted by Gasteiger charge is 2.17. The molecule has 2 aromatic heterocycles. The van der Waals surface area contributed by atoms with E-state index in [2.05, 4.69) is 59.2 Å². The second-order valence-corrected chi connectivity index (χ2v) is 8.60. The molecule has 160 valence electrons. The van der Waals surface area contributed by atoms with E-state index < -0.39 is 0 Å². The van der Waals surface area contributed by atoms with E-state index in [0.717, 1.165) is 49.5 Å². The van der Waals surface area contributed by atoms with Crippen LogP contribution in [-0.4, -0.2) is 9.13 Å². The Morgan fingerprint density at radius 1 is 0.382 bits per heavy atom. The molecular weight excluding hydrogens is 416 g/mol. The topological polar surface area (TPSA) is 26.9 Å². The van der Waals surface area contributed by atoms with Crippen molar-refractivity contribution in [3.05, 3.63) is 132 Å². The summed E-state index contributed by atoms with van der Waals surface area (Å²) in [7, 11) is 0. The normalized spacial score (nSPS) is 11.6. The Labute approximate surface area is 195 Å². The first-order valence-electron chi connectivity index (χ1n) is 11.4. The number of hydrogen-bond acceptors (Lipinski definition) is 1. The third-order valence-corrected chi connectivity index (χ3v) is 6.71. The van der Waals surface area contributed by atoms with Gasteiger partial charge >= 0.3 is 0 Å². The fraction of sp³-hybridized carbons (Fsp3) is 0. The van der Waals surface area contributed by atoms with Gasteiger partial charge in [-0.3, -0.25) is 9.36 Å². The van der Waals surface area contributed by atoms with Gasteiger partial charge in [0.25, 0.3) is 5.56 Å². The van der Waals surface area contributed by atoms with E-state index in [1.807, 2.05) is 71.3 Å². The number of para-hydroxylation sites is 4. The van der Waals surface area contributed by atoms with Crippen molar-refractivity contribution in [1.82, 2.24) is 9.13 Å². The van der Waals surface area contributed by atoms with Gasteiger partial charge in [0.2, 0.25) is 0 Å². The molecule has 0 aliphatic carbocycles. The van der Waals surface area contributed by atoms with Crippen LogP contribution in [0.2, 0.25) is 0 Å². The van der Waals surface area contributed by atoms with E-state index in [-0.39, 0.29) is 5.56 Å². The fourth-order valence-corrected chi connectivity index (χ4v) is 5.23. The van der Waals surface area contributed by atoms with Crippen LogP contribution in [0.15, 0.2) is 126 Å². The minimum atomic E-state index is -0.00771. The third-order valence-electron chi connectivity index (χ3n) is 6.71. The number of aromatic nitrogens is 2. The maximum absolute atomic E-state index is 14.0. The predicted octanol–water partition coefficient (Wildman–Crippen LogP) is 7.24. The lowest BCUT2D eigenvalue weighted by Crippen LogP contribution is -2.19. The summed E-state index contributed by atoms with van der Waals surface area (Å²) in [5.41, 5.74) is 5.02. The van der Waals surface area contributed by atoms with Crippen molar-refractivity contribution in [3.8, 4) is 11.4 Å². The summed E-state index contributed by atoms with van der Waals surface area (Å²) in [4.78, 5) is 14.0. The first-order valence-corrected chi connectivity index (χ1v) is 11.4. The van der Waals surface area contributed by atoms with E-state index in [1.165, 1.54) is 5.39 Å². The van der Waals surface area contributed by atoms with Gasteiger partial charge in [0.05, 0.1) is 21.9 Å². The Kier molecular flexibility index (Phi) is 4.00.